The van der Waals surface area contributed by atoms with E-state index in [9.17, 15) is 5.11 Å². The van der Waals surface area contributed by atoms with E-state index in [4.69, 9.17) is 5.73 Å². The van der Waals surface area contributed by atoms with Crippen LogP contribution in [0, 0.1) is 17.8 Å². The van der Waals surface area contributed by atoms with Crippen LogP contribution in [0.5, 0.6) is 0 Å². The van der Waals surface area contributed by atoms with E-state index in [-0.39, 0.29) is 12.1 Å². The topological polar surface area (TPSA) is 70.6 Å². The van der Waals surface area contributed by atoms with Gasteiger partial charge in [-0.1, -0.05) is 13.8 Å². The van der Waals surface area contributed by atoms with Gasteiger partial charge >= 0.3 is 0 Å². The average molecular weight is 213 g/mol. The van der Waals surface area contributed by atoms with Crippen LogP contribution in [0.4, 0.5) is 0 Å². The number of rotatable bonds is 5. The number of nitrogens with zero attached hydrogens (tertiary/aromatic N) is 1. The van der Waals surface area contributed by atoms with Crippen molar-refractivity contribution in [2.75, 3.05) is 13.1 Å². The molecule has 0 aromatic heterocycles. The van der Waals surface area contributed by atoms with E-state index in [0.717, 1.165) is 13.0 Å². The van der Waals surface area contributed by atoms with Crippen LogP contribution in [0.2, 0.25) is 0 Å². The van der Waals surface area contributed by atoms with Crippen LogP contribution in [-0.2, 0) is 0 Å². The molecule has 88 valence electrons. The van der Waals surface area contributed by atoms with Gasteiger partial charge in [0, 0.05) is 24.9 Å². The molecule has 0 aromatic rings. The smallest absolute Gasteiger partial charge is 0.102 e. The summed E-state index contributed by atoms with van der Waals surface area (Å²) >= 11 is 0. The fourth-order valence-electron chi connectivity index (χ4n) is 2.44. The van der Waals surface area contributed by atoms with E-state index in [1.165, 1.54) is 0 Å². The number of hydrogen-bond acceptors (Lipinski definition) is 4. The first-order valence-electron chi connectivity index (χ1n) is 5.67. The van der Waals surface area contributed by atoms with Gasteiger partial charge in [-0.05, 0) is 19.1 Å². The summed E-state index contributed by atoms with van der Waals surface area (Å²) in [7, 11) is 0. The molecule has 0 saturated carbocycles. The molecule has 1 heterocycles. The van der Waals surface area contributed by atoms with Gasteiger partial charge in [0.2, 0.25) is 0 Å². The molecule has 15 heavy (non-hydrogen) atoms. The lowest BCUT2D eigenvalue weighted by molar-refractivity contribution is 0.0901. The maximum absolute atomic E-state index is 9.83. The minimum absolute atomic E-state index is 0.0820. The Morgan fingerprint density at radius 1 is 1.60 bits per heavy atom. The molecule has 4 heteroatoms. The lowest BCUT2D eigenvalue weighted by Crippen LogP contribution is -2.35. The van der Waals surface area contributed by atoms with Crippen LogP contribution in [0.25, 0.3) is 0 Å². The zero-order valence-electron chi connectivity index (χ0n) is 9.69. The van der Waals surface area contributed by atoms with E-state index < -0.39 is 6.10 Å². The van der Waals surface area contributed by atoms with Crippen molar-refractivity contribution in [1.29, 1.82) is 0 Å². The Morgan fingerprint density at radius 3 is 2.73 bits per heavy atom. The molecule has 1 aliphatic rings. The Hall–Kier alpha value is -0.450. The van der Waals surface area contributed by atoms with Crippen LogP contribution in [0.1, 0.15) is 20.3 Å². The summed E-state index contributed by atoms with van der Waals surface area (Å²) in [6, 6.07) is 0. The van der Waals surface area contributed by atoms with Crippen LogP contribution in [-0.4, -0.2) is 37.2 Å². The second-order valence-corrected chi connectivity index (χ2v) is 4.80. The standard InChI is InChI=1S/C11H23N3O/c1-7(2)4-8-9(10(15)5-12)6-14-11(8)13-3/h7-11,14-15H,3-6,12H2,1-2H3. The monoisotopic (exact) mass is 213 g/mol. The number of aliphatic hydroxyl groups excluding tert-OH is 1. The molecule has 0 radical (unpaired) electrons. The van der Waals surface area contributed by atoms with Crippen molar-refractivity contribution in [2.45, 2.75) is 32.5 Å². The van der Waals surface area contributed by atoms with Gasteiger partial charge in [0.1, 0.15) is 6.17 Å². The van der Waals surface area contributed by atoms with Gasteiger partial charge in [-0.2, -0.15) is 0 Å². The molecule has 0 aromatic carbocycles. The maximum atomic E-state index is 9.83. The van der Waals surface area contributed by atoms with Crippen molar-refractivity contribution in [2.24, 2.45) is 28.5 Å². The average Bonchev–Trinajstić information content (AvgIpc) is 2.59. The fourth-order valence-corrected chi connectivity index (χ4v) is 2.44. The molecular formula is C11H23N3O. The van der Waals surface area contributed by atoms with Gasteiger partial charge in [-0.3, -0.25) is 10.3 Å². The molecule has 1 saturated heterocycles. The Kier molecular flexibility index (Phi) is 4.70. The van der Waals surface area contributed by atoms with Gasteiger partial charge in [0.15, 0.2) is 0 Å². The molecule has 4 N–H and O–H groups in total. The number of aliphatic imine (C=N–C) groups is 1. The van der Waals surface area contributed by atoms with E-state index >= 15 is 0 Å². The molecule has 1 rings (SSSR count). The Balaban J connectivity index is 2.66. The first-order chi connectivity index (χ1) is 7.10. The first kappa shape index (κ1) is 12.6. The number of hydrogen-bond donors (Lipinski definition) is 3. The zero-order valence-corrected chi connectivity index (χ0v) is 9.69. The first-order valence-corrected chi connectivity index (χ1v) is 5.67. The summed E-state index contributed by atoms with van der Waals surface area (Å²) in [5.74, 6) is 1.18. The molecule has 4 atom stereocenters. The summed E-state index contributed by atoms with van der Waals surface area (Å²) in [6.07, 6.45) is 0.713. The van der Waals surface area contributed by atoms with Crippen LogP contribution >= 0.6 is 0 Å². The lowest BCUT2D eigenvalue weighted by Gasteiger charge is -2.26. The fraction of sp³-hybridized carbons (Fsp3) is 0.909. The van der Waals surface area contributed by atoms with Crippen molar-refractivity contribution >= 4 is 6.72 Å². The summed E-state index contributed by atoms with van der Waals surface area (Å²) in [5, 5.41) is 13.1. The van der Waals surface area contributed by atoms with Crippen LogP contribution < -0.4 is 11.1 Å². The summed E-state index contributed by atoms with van der Waals surface area (Å²) in [5.41, 5.74) is 5.51. The van der Waals surface area contributed by atoms with Crippen LogP contribution in [0.15, 0.2) is 4.99 Å². The van der Waals surface area contributed by atoms with Gasteiger partial charge < -0.3 is 10.8 Å². The molecule has 1 aliphatic heterocycles. The molecule has 1 fully saturated rings. The highest BCUT2D eigenvalue weighted by molar-refractivity contribution is 5.24. The third-order valence-corrected chi connectivity index (χ3v) is 3.19. The second-order valence-electron chi connectivity index (χ2n) is 4.80. The Morgan fingerprint density at radius 2 is 2.27 bits per heavy atom. The van der Waals surface area contributed by atoms with Crippen LogP contribution in [0.3, 0.4) is 0 Å². The highest BCUT2D eigenvalue weighted by atomic mass is 16.3. The minimum atomic E-state index is -0.423. The normalized spacial score (nSPS) is 33.3. The van der Waals surface area contributed by atoms with E-state index in [1.807, 2.05) is 0 Å². The van der Waals surface area contributed by atoms with E-state index in [1.54, 1.807) is 0 Å². The Bertz CT molecular complexity index is 208. The van der Waals surface area contributed by atoms with Crippen molar-refractivity contribution in [3.8, 4) is 0 Å². The SMILES string of the molecule is C=NC1NCC(C(O)CN)C1CC(C)C. The second kappa shape index (κ2) is 5.58. The summed E-state index contributed by atoms with van der Waals surface area (Å²) in [4.78, 5) is 4.08. The number of nitrogens with two attached hydrogens (primary N) is 1. The number of aliphatic hydroxyl groups is 1. The van der Waals surface area contributed by atoms with Gasteiger partial charge in [-0.25, -0.2) is 0 Å². The zero-order chi connectivity index (χ0) is 11.4. The molecular weight excluding hydrogens is 190 g/mol. The number of nitrogens with one attached hydrogen (secondary N) is 1. The van der Waals surface area contributed by atoms with Gasteiger partial charge in [-0.15, -0.1) is 0 Å². The largest absolute Gasteiger partial charge is 0.391 e. The molecule has 0 aliphatic carbocycles. The predicted octanol–water partition coefficient (Wildman–Crippen LogP) is 0.214. The maximum Gasteiger partial charge on any atom is 0.102 e. The third kappa shape index (κ3) is 3.00. The van der Waals surface area contributed by atoms with Crippen molar-refractivity contribution in [3.05, 3.63) is 0 Å². The van der Waals surface area contributed by atoms with Crippen molar-refractivity contribution in [3.63, 3.8) is 0 Å². The van der Waals surface area contributed by atoms with E-state index in [0.29, 0.717) is 18.4 Å². The van der Waals surface area contributed by atoms with E-state index in [2.05, 4.69) is 30.9 Å². The molecule has 0 spiro atoms. The third-order valence-electron chi connectivity index (χ3n) is 3.19. The van der Waals surface area contributed by atoms with Crippen molar-refractivity contribution in [1.82, 2.24) is 5.32 Å². The highest BCUT2D eigenvalue weighted by Gasteiger charge is 2.38. The van der Waals surface area contributed by atoms with Gasteiger partial charge in [0.05, 0.1) is 6.10 Å². The summed E-state index contributed by atoms with van der Waals surface area (Å²) < 4.78 is 0. The minimum Gasteiger partial charge on any atom is -0.391 e. The van der Waals surface area contributed by atoms with Gasteiger partial charge in [0.25, 0.3) is 0 Å². The Labute approximate surface area is 92.0 Å². The molecule has 0 bridgehead atoms. The highest BCUT2D eigenvalue weighted by Crippen LogP contribution is 2.31. The molecule has 4 nitrogen and oxygen atoms in total. The lowest BCUT2D eigenvalue weighted by atomic mass is 9.83. The molecule has 0 amide bonds. The molecule has 4 unspecified atom stereocenters. The quantitative estimate of drug-likeness (QED) is 0.572. The summed E-state index contributed by atoms with van der Waals surface area (Å²) in [6.45, 7) is 9.08. The predicted molar refractivity (Wildman–Crippen MR) is 62.8 cm³/mol. The van der Waals surface area contributed by atoms with Crippen molar-refractivity contribution < 1.29 is 5.11 Å².